The number of thiophene rings is 1. The molecule has 0 unspecified atom stereocenters. The Bertz CT molecular complexity index is 455. The Labute approximate surface area is 112 Å². The second kappa shape index (κ2) is 7.20. The van der Waals surface area contributed by atoms with E-state index in [1.807, 2.05) is 6.92 Å². The maximum atomic E-state index is 12.2. The second-order valence-corrected chi connectivity index (χ2v) is 7.16. The summed E-state index contributed by atoms with van der Waals surface area (Å²) < 4.78 is 31.1. The molecule has 1 rings (SSSR count). The number of aliphatic hydroxyl groups excluding tert-OH is 1. The topological polar surface area (TPSA) is 66.8 Å². The zero-order valence-electron chi connectivity index (χ0n) is 10.6. The van der Waals surface area contributed by atoms with Crippen LogP contribution in [0.5, 0.6) is 0 Å². The fourth-order valence-electron chi connectivity index (χ4n) is 1.35. The summed E-state index contributed by atoms with van der Waals surface area (Å²) in [4.78, 5) is 0.870. The summed E-state index contributed by atoms with van der Waals surface area (Å²) in [5, 5.41) is 8.81. The molecule has 7 heteroatoms. The predicted octanol–water partition coefficient (Wildman–Crippen LogP) is 0.940. The lowest BCUT2D eigenvalue weighted by Crippen LogP contribution is -2.29. The third-order valence-corrected chi connectivity index (χ3v) is 5.88. The lowest BCUT2D eigenvalue weighted by Gasteiger charge is -2.15. The van der Waals surface area contributed by atoms with Crippen molar-refractivity contribution in [1.29, 1.82) is 0 Å². The minimum Gasteiger partial charge on any atom is -0.396 e. The van der Waals surface area contributed by atoms with E-state index in [1.165, 1.54) is 15.6 Å². The molecule has 0 bridgehead atoms. The van der Waals surface area contributed by atoms with Gasteiger partial charge in [0.15, 0.2) is 0 Å². The summed E-state index contributed by atoms with van der Waals surface area (Å²) in [7, 11) is -1.89. The van der Waals surface area contributed by atoms with Crippen LogP contribution in [0.25, 0.3) is 0 Å². The Morgan fingerprint density at radius 1 is 1.44 bits per heavy atom. The summed E-state index contributed by atoms with van der Waals surface area (Å²) in [5.41, 5.74) is 0. The van der Waals surface area contributed by atoms with Gasteiger partial charge in [0.25, 0.3) is 10.0 Å². The van der Waals surface area contributed by atoms with Gasteiger partial charge < -0.3 is 9.84 Å². The van der Waals surface area contributed by atoms with Gasteiger partial charge in [0.2, 0.25) is 0 Å². The molecule has 0 fully saturated rings. The largest absolute Gasteiger partial charge is 0.396 e. The highest BCUT2D eigenvalue weighted by molar-refractivity contribution is 7.91. The van der Waals surface area contributed by atoms with Crippen molar-refractivity contribution in [3.63, 3.8) is 0 Å². The first kappa shape index (κ1) is 15.6. The normalized spacial score (nSPS) is 12.2. The Kier molecular flexibility index (Phi) is 6.24. The van der Waals surface area contributed by atoms with Gasteiger partial charge in [0, 0.05) is 38.1 Å². The fourth-order valence-corrected chi connectivity index (χ4v) is 4.06. The minimum atomic E-state index is -3.43. The van der Waals surface area contributed by atoms with Crippen LogP contribution in [-0.4, -0.2) is 51.2 Å². The molecule has 0 aliphatic heterocycles. The Hall–Kier alpha value is -0.470. The van der Waals surface area contributed by atoms with Crippen molar-refractivity contribution in [1.82, 2.24) is 4.31 Å². The number of rotatable bonds is 8. The van der Waals surface area contributed by atoms with Crippen molar-refractivity contribution in [2.45, 2.75) is 17.6 Å². The van der Waals surface area contributed by atoms with Gasteiger partial charge >= 0.3 is 0 Å². The zero-order valence-corrected chi connectivity index (χ0v) is 12.3. The summed E-state index contributed by atoms with van der Waals surface area (Å²) in [6.45, 7) is 3.20. The molecule has 0 atom stereocenters. The van der Waals surface area contributed by atoms with Gasteiger partial charge in [-0.2, -0.15) is 4.31 Å². The van der Waals surface area contributed by atoms with Crippen molar-refractivity contribution >= 4 is 21.4 Å². The van der Waals surface area contributed by atoms with E-state index in [0.717, 1.165) is 4.88 Å². The maximum Gasteiger partial charge on any atom is 0.252 e. The fraction of sp³-hybridized carbons (Fsp3) is 0.636. The lowest BCUT2D eigenvalue weighted by atomic mass is 10.4. The summed E-state index contributed by atoms with van der Waals surface area (Å²) in [6, 6.07) is 3.33. The highest BCUT2D eigenvalue weighted by Crippen LogP contribution is 2.24. The minimum absolute atomic E-state index is 0.0280. The van der Waals surface area contributed by atoms with Crippen LogP contribution < -0.4 is 0 Å². The van der Waals surface area contributed by atoms with Crippen molar-refractivity contribution in [3.8, 4) is 0 Å². The third kappa shape index (κ3) is 4.03. The molecule has 0 amide bonds. The highest BCUT2D eigenvalue weighted by Gasteiger charge is 2.22. The smallest absolute Gasteiger partial charge is 0.252 e. The first-order chi connectivity index (χ1) is 8.52. The Balaban J connectivity index is 2.71. The molecule has 0 aliphatic rings. The molecular formula is C11H19NO4S2. The van der Waals surface area contributed by atoms with E-state index in [1.54, 1.807) is 19.2 Å². The van der Waals surface area contributed by atoms with Gasteiger partial charge in [0.05, 0.1) is 6.61 Å². The van der Waals surface area contributed by atoms with Crippen LogP contribution in [0.3, 0.4) is 0 Å². The molecule has 5 nitrogen and oxygen atoms in total. The molecule has 104 valence electrons. The van der Waals surface area contributed by atoms with E-state index < -0.39 is 10.0 Å². The van der Waals surface area contributed by atoms with E-state index in [4.69, 9.17) is 9.84 Å². The van der Waals surface area contributed by atoms with E-state index in [9.17, 15) is 8.42 Å². The molecule has 0 spiro atoms. The van der Waals surface area contributed by atoms with Gasteiger partial charge in [-0.25, -0.2) is 8.42 Å². The number of hydrogen-bond acceptors (Lipinski definition) is 5. The van der Waals surface area contributed by atoms with Gasteiger partial charge in [-0.15, -0.1) is 11.3 Å². The van der Waals surface area contributed by atoms with Gasteiger partial charge in [-0.05, 0) is 19.1 Å². The molecule has 0 aromatic carbocycles. The van der Waals surface area contributed by atoms with Crippen molar-refractivity contribution in [2.75, 3.05) is 33.4 Å². The Morgan fingerprint density at radius 3 is 2.78 bits per heavy atom. The van der Waals surface area contributed by atoms with Crippen LogP contribution in [0.4, 0.5) is 0 Å². The summed E-state index contributed by atoms with van der Waals surface area (Å²) in [6.07, 6.45) is 0.489. The average Bonchev–Trinajstić information content (AvgIpc) is 2.79. The molecule has 1 aromatic rings. The van der Waals surface area contributed by atoms with Crippen LogP contribution in [0.15, 0.2) is 16.3 Å². The average molecular weight is 293 g/mol. The van der Waals surface area contributed by atoms with Crippen LogP contribution in [0.2, 0.25) is 0 Å². The standard InChI is InChI=1S/C11H19NO4S2/c1-3-16-9-7-12(2)18(14,15)11-5-4-10(17-11)6-8-13/h4-5,13H,3,6-9H2,1-2H3. The number of nitrogens with zero attached hydrogens (tertiary/aromatic N) is 1. The van der Waals surface area contributed by atoms with Gasteiger partial charge in [-0.1, -0.05) is 0 Å². The number of hydrogen-bond donors (Lipinski definition) is 1. The quantitative estimate of drug-likeness (QED) is 0.724. The zero-order chi connectivity index (χ0) is 13.6. The van der Waals surface area contributed by atoms with Crippen LogP contribution in [-0.2, 0) is 21.2 Å². The summed E-state index contributed by atoms with van der Waals surface area (Å²) in [5.74, 6) is 0. The molecule has 0 aliphatic carbocycles. The molecule has 1 N–H and O–H groups in total. The van der Waals surface area contributed by atoms with Crippen molar-refractivity contribution in [2.24, 2.45) is 0 Å². The maximum absolute atomic E-state index is 12.2. The van der Waals surface area contributed by atoms with Crippen molar-refractivity contribution < 1.29 is 18.3 Å². The van der Waals surface area contributed by atoms with E-state index in [-0.39, 0.29) is 6.61 Å². The van der Waals surface area contributed by atoms with Crippen LogP contribution in [0, 0.1) is 0 Å². The number of sulfonamides is 1. The highest BCUT2D eigenvalue weighted by atomic mass is 32.2. The van der Waals surface area contributed by atoms with Crippen LogP contribution in [0.1, 0.15) is 11.8 Å². The third-order valence-electron chi connectivity index (χ3n) is 2.41. The molecule has 0 saturated carbocycles. The monoisotopic (exact) mass is 293 g/mol. The molecule has 1 aromatic heterocycles. The molecule has 1 heterocycles. The summed E-state index contributed by atoms with van der Waals surface area (Å²) >= 11 is 1.20. The number of ether oxygens (including phenoxy) is 1. The van der Waals surface area contributed by atoms with Gasteiger partial charge in [0.1, 0.15) is 4.21 Å². The van der Waals surface area contributed by atoms with E-state index in [0.29, 0.717) is 30.4 Å². The SMILES string of the molecule is CCOCCN(C)S(=O)(=O)c1ccc(CCO)s1. The van der Waals surface area contributed by atoms with Gasteiger partial charge in [-0.3, -0.25) is 0 Å². The molecule has 0 saturated heterocycles. The van der Waals surface area contributed by atoms with Crippen molar-refractivity contribution in [3.05, 3.63) is 17.0 Å². The lowest BCUT2D eigenvalue weighted by molar-refractivity contribution is 0.138. The Morgan fingerprint density at radius 2 is 2.17 bits per heavy atom. The van der Waals surface area contributed by atoms with E-state index in [2.05, 4.69) is 0 Å². The van der Waals surface area contributed by atoms with Crippen LogP contribution >= 0.6 is 11.3 Å². The second-order valence-electron chi connectivity index (χ2n) is 3.72. The van der Waals surface area contributed by atoms with E-state index >= 15 is 0 Å². The molecular weight excluding hydrogens is 274 g/mol. The first-order valence-corrected chi connectivity index (χ1v) is 8.01. The molecule has 0 radical (unpaired) electrons. The number of aliphatic hydroxyl groups is 1. The number of likely N-dealkylation sites (N-methyl/N-ethyl adjacent to an activating group) is 1. The first-order valence-electron chi connectivity index (χ1n) is 5.76. The molecule has 18 heavy (non-hydrogen) atoms. The predicted molar refractivity (Wildman–Crippen MR) is 71.4 cm³/mol.